The Labute approximate surface area is 106 Å². The SMILES string of the molecule is Cn1cnc(C(C)(C)C(=O)c2ccc(N)cn2)c1. The van der Waals surface area contributed by atoms with Gasteiger partial charge in [-0.05, 0) is 26.0 Å². The number of aromatic nitrogens is 3. The highest BCUT2D eigenvalue weighted by atomic mass is 16.1. The van der Waals surface area contributed by atoms with E-state index in [1.165, 1.54) is 6.20 Å². The standard InChI is InChI=1S/C13H16N4O/c1-13(2,11-7-17(3)8-16-11)12(18)10-5-4-9(14)6-15-10/h4-8H,14H2,1-3H3. The molecule has 0 saturated heterocycles. The Bertz CT molecular complexity index is 569. The summed E-state index contributed by atoms with van der Waals surface area (Å²) in [5, 5.41) is 0. The molecule has 0 fully saturated rings. The van der Waals surface area contributed by atoms with E-state index in [0.29, 0.717) is 11.4 Å². The molecule has 94 valence electrons. The number of imidazole rings is 1. The average Bonchev–Trinajstić information content (AvgIpc) is 2.76. The number of nitrogens with two attached hydrogens (primary N) is 1. The zero-order chi connectivity index (χ0) is 13.3. The summed E-state index contributed by atoms with van der Waals surface area (Å²) >= 11 is 0. The van der Waals surface area contributed by atoms with Gasteiger partial charge >= 0.3 is 0 Å². The van der Waals surface area contributed by atoms with Crippen molar-refractivity contribution in [3.63, 3.8) is 0 Å². The lowest BCUT2D eigenvalue weighted by molar-refractivity contribution is 0.0901. The van der Waals surface area contributed by atoms with Crippen molar-refractivity contribution in [2.75, 3.05) is 5.73 Å². The number of Topliss-reactive ketones (excluding diaryl/α,β-unsaturated/α-hetero) is 1. The number of anilines is 1. The number of nitrogens with zero attached hydrogens (tertiary/aromatic N) is 3. The van der Waals surface area contributed by atoms with Gasteiger partial charge in [-0.15, -0.1) is 0 Å². The summed E-state index contributed by atoms with van der Waals surface area (Å²) < 4.78 is 1.82. The second kappa shape index (κ2) is 4.25. The van der Waals surface area contributed by atoms with Crippen LogP contribution in [0.5, 0.6) is 0 Å². The van der Waals surface area contributed by atoms with Gasteiger partial charge in [-0.1, -0.05) is 0 Å². The van der Waals surface area contributed by atoms with Crippen molar-refractivity contribution in [2.45, 2.75) is 19.3 Å². The van der Waals surface area contributed by atoms with E-state index in [1.807, 2.05) is 31.7 Å². The topological polar surface area (TPSA) is 73.8 Å². The van der Waals surface area contributed by atoms with E-state index < -0.39 is 5.41 Å². The van der Waals surface area contributed by atoms with Crippen molar-refractivity contribution in [2.24, 2.45) is 7.05 Å². The molecule has 2 heterocycles. The van der Waals surface area contributed by atoms with Gasteiger partial charge in [0.2, 0.25) is 0 Å². The van der Waals surface area contributed by atoms with Crippen LogP contribution in [-0.4, -0.2) is 20.3 Å². The summed E-state index contributed by atoms with van der Waals surface area (Å²) in [6.07, 6.45) is 5.01. The van der Waals surface area contributed by atoms with Crippen LogP contribution in [0.15, 0.2) is 30.9 Å². The first kappa shape index (κ1) is 12.3. The molecule has 0 aromatic carbocycles. The maximum atomic E-state index is 12.4. The molecule has 0 bridgehead atoms. The number of ketones is 1. The molecule has 2 aromatic heterocycles. The Balaban J connectivity index is 2.35. The second-order valence-corrected chi connectivity index (χ2v) is 4.86. The first-order chi connectivity index (χ1) is 8.41. The van der Waals surface area contributed by atoms with E-state index in [-0.39, 0.29) is 5.78 Å². The first-order valence-electron chi connectivity index (χ1n) is 5.66. The van der Waals surface area contributed by atoms with Crippen LogP contribution in [0.3, 0.4) is 0 Å². The quantitative estimate of drug-likeness (QED) is 0.831. The van der Waals surface area contributed by atoms with Crippen molar-refractivity contribution in [3.8, 4) is 0 Å². The maximum absolute atomic E-state index is 12.4. The van der Waals surface area contributed by atoms with Crippen LogP contribution in [0, 0.1) is 0 Å². The number of pyridine rings is 1. The van der Waals surface area contributed by atoms with Crippen molar-refractivity contribution in [1.82, 2.24) is 14.5 Å². The fraction of sp³-hybridized carbons (Fsp3) is 0.308. The Morgan fingerprint density at radius 3 is 2.56 bits per heavy atom. The van der Waals surface area contributed by atoms with Crippen molar-refractivity contribution < 1.29 is 4.79 Å². The molecule has 2 N–H and O–H groups in total. The first-order valence-corrected chi connectivity index (χ1v) is 5.66. The van der Waals surface area contributed by atoms with Crippen LogP contribution in [0.2, 0.25) is 0 Å². The molecule has 5 nitrogen and oxygen atoms in total. The van der Waals surface area contributed by atoms with Gasteiger partial charge in [0.05, 0.1) is 29.3 Å². The minimum atomic E-state index is -0.704. The Morgan fingerprint density at radius 2 is 2.06 bits per heavy atom. The number of rotatable bonds is 3. The van der Waals surface area contributed by atoms with E-state index in [9.17, 15) is 4.79 Å². The molecule has 0 spiro atoms. The summed E-state index contributed by atoms with van der Waals surface area (Å²) in [7, 11) is 1.87. The van der Waals surface area contributed by atoms with Crippen LogP contribution in [0.25, 0.3) is 0 Å². The third-order valence-electron chi connectivity index (χ3n) is 2.93. The van der Waals surface area contributed by atoms with Gasteiger partial charge in [0.25, 0.3) is 0 Å². The molecule has 0 atom stereocenters. The van der Waals surface area contributed by atoms with Gasteiger partial charge in [-0.25, -0.2) is 4.98 Å². The highest BCUT2D eigenvalue weighted by molar-refractivity contribution is 6.01. The number of carbonyl (C=O) groups excluding carboxylic acids is 1. The monoisotopic (exact) mass is 244 g/mol. The van der Waals surface area contributed by atoms with Crippen LogP contribution in [0.4, 0.5) is 5.69 Å². The summed E-state index contributed by atoms with van der Waals surface area (Å²) in [6, 6.07) is 3.32. The van der Waals surface area contributed by atoms with Crippen LogP contribution in [-0.2, 0) is 12.5 Å². The fourth-order valence-electron chi connectivity index (χ4n) is 1.71. The largest absolute Gasteiger partial charge is 0.397 e. The highest BCUT2D eigenvalue weighted by Crippen LogP contribution is 2.25. The Hall–Kier alpha value is -2.17. The molecule has 18 heavy (non-hydrogen) atoms. The number of nitrogen functional groups attached to an aromatic ring is 1. The maximum Gasteiger partial charge on any atom is 0.192 e. The van der Waals surface area contributed by atoms with E-state index >= 15 is 0 Å². The zero-order valence-corrected chi connectivity index (χ0v) is 10.7. The second-order valence-electron chi connectivity index (χ2n) is 4.86. The molecule has 0 aliphatic rings. The summed E-state index contributed by atoms with van der Waals surface area (Å²) in [6.45, 7) is 3.69. The van der Waals surface area contributed by atoms with Crippen molar-refractivity contribution in [3.05, 3.63) is 42.2 Å². The average molecular weight is 244 g/mol. The normalized spacial score (nSPS) is 11.5. The molecule has 0 saturated carbocycles. The number of carbonyl (C=O) groups is 1. The molecule has 5 heteroatoms. The Morgan fingerprint density at radius 1 is 1.33 bits per heavy atom. The lowest BCUT2D eigenvalue weighted by Gasteiger charge is -2.20. The van der Waals surface area contributed by atoms with Crippen molar-refractivity contribution >= 4 is 11.5 Å². The Kier molecular flexibility index (Phi) is 2.90. The van der Waals surface area contributed by atoms with E-state index in [2.05, 4.69) is 9.97 Å². The van der Waals surface area contributed by atoms with Gasteiger partial charge in [-0.3, -0.25) is 9.78 Å². The van der Waals surface area contributed by atoms with Gasteiger partial charge in [0, 0.05) is 13.2 Å². The van der Waals surface area contributed by atoms with Gasteiger partial charge < -0.3 is 10.3 Å². The van der Waals surface area contributed by atoms with E-state index in [0.717, 1.165) is 5.69 Å². The molecule has 0 unspecified atom stereocenters. The smallest absolute Gasteiger partial charge is 0.192 e. The number of aryl methyl sites for hydroxylation is 1. The van der Waals surface area contributed by atoms with Gasteiger partial charge in [0.15, 0.2) is 5.78 Å². The summed E-state index contributed by atoms with van der Waals surface area (Å²) in [4.78, 5) is 20.7. The molecule has 0 aliphatic heterocycles. The molecule has 2 rings (SSSR count). The summed E-state index contributed by atoms with van der Waals surface area (Å²) in [5.74, 6) is -0.0683. The minimum Gasteiger partial charge on any atom is -0.397 e. The third kappa shape index (κ3) is 2.11. The molecular weight excluding hydrogens is 228 g/mol. The highest BCUT2D eigenvalue weighted by Gasteiger charge is 2.33. The van der Waals surface area contributed by atoms with Gasteiger partial charge in [0.1, 0.15) is 5.69 Å². The van der Waals surface area contributed by atoms with Crippen LogP contribution >= 0.6 is 0 Å². The van der Waals surface area contributed by atoms with E-state index in [1.54, 1.807) is 18.5 Å². The predicted octanol–water partition coefficient (Wildman–Crippen LogP) is 1.56. The number of hydrogen-bond acceptors (Lipinski definition) is 4. The number of hydrogen-bond donors (Lipinski definition) is 1. The zero-order valence-electron chi connectivity index (χ0n) is 10.7. The predicted molar refractivity (Wildman–Crippen MR) is 69.2 cm³/mol. The summed E-state index contributed by atoms with van der Waals surface area (Å²) in [5.41, 5.74) is 6.53. The lowest BCUT2D eigenvalue weighted by atomic mass is 9.83. The fourth-order valence-corrected chi connectivity index (χ4v) is 1.71. The van der Waals surface area contributed by atoms with Gasteiger partial charge in [-0.2, -0.15) is 0 Å². The van der Waals surface area contributed by atoms with Crippen LogP contribution in [0.1, 0.15) is 30.0 Å². The van der Waals surface area contributed by atoms with Crippen molar-refractivity contribution in [1.29, 1.82) is 0 Å². The minimum absolute atomic E-state index is 0.0683. The van der Waals surface area contributed by atoms with Crippen LogP contribution < -0.4 is 5.73 Å². The lowest BCUT2D eigenvalue weighted by Crippen LogP contribution is -2.30. The molecule has 0 amide bonds. The molecule has 0 radical (unpaired) electrons. The van der Waals surface area contributed by atoms with E-state index in [4.69, 9.17) is 5.73 Å². The molecule has 2 aromatic rings. The third-order valence-corrected chi connectivity index (χ3v) is 2.93. The molecule has 0 aliphatic carbocycles. The molecular formula is C13H16N4O.